The van der Waals surface area contributed by atoms with Gasteiger partial charge < -0.3 is 9.64 Å². The molecule has 1 aliphatic rings. The van der Waals surface area contributed by atoms with Crippen LogP contribution in [0.25, 0.3) is 0 Å². The Morgan fingerprint density at radius 1 is 1.00 bits per heavy atom. The van der Waals surface area contributed by atoms with E-state index in [2.05, 4.69) is 46.3 Å². The van der Waals surface area contributed by atoms with E-state index in [-0.39, 0.29) is 0 Å². The molecule has 4 nitrogen and oxygen atoms in total. The Hall–Kier alpha value is -2.08. The molecule has 0 atom stereocenters. The van der Waals surface area contributed by atoms with Crippen LogP contribution in [0.4, 0.5) is 5.69 Å². The highest BCUT2D eigenvalue weighted by atomic mass is 35.5. The number of anilines is 1. The molecule has 0 aliphatic carbocycles. The molecule has 0 bridgehead atoms. The van der Waals surface area contributed by atoms with Crippen molar-refractivity contribution in [3.63, 3.8) is 0 Å². The van der Waals surface area contributed by atoms with Crippen LogP contribution in [0.3, 0.4) is 0 Å². The molecular weight excluding hydrogens is 390 g/mol. The van der Waals surface area contributed by atoms with E-state index in [1.165, 1.54) is 11.3 Å². The van der Waals surface area contributed by atoms with Gasteiger partial charge in [-0.15, -0.1) is 11.6 Å². The van der Waals surface area contributed by atoms with E-state index in [1.54, 1.807) is 11.8 Å². The summed E-state index contributed by atoms with van der Waals surface area (Å²) >= 11 is 7.57. The highest BCUT2D eigenvalue weighted by Gasteiger charge is 2.11. The Morgan fingerprint density at radius 3 is 2.61 bits per heavy atom. The lowest BCUT2D eigenvalue weighted by molar-refractivity contribution is 0.122. The molecule has 0 saturated carbocycles. The molecule has 144 valence electrons. The predicted molar refractivity (Wildman–Crippen MR) is 114 cm³/mol. The Bertz CT molecular complexity index is 914. The lowest BCUT2D eigenvalue weighted by Crippen LogP contribution is -2.36. The molecule has 0 amide bonds. The SMILES string of the molecule is ClCc1cccc(Sc2ccnc(Cc3ccc(N4CCOCC4)cc3)n2)c1. The highest BCUT2D eigenvalue weighted by Crippen LogP contribution is 2.27. The zero-order valence-corrected chi connectivity index (χ0v) is 17.1. The minimum atomic E-state index is 0.518. The number of ether oxygens (including phenoxy) is 1. The van der Waals surface area contributed by atoms with E-state index in [4.69, 9.17) is 21.3 Å². The summed E-state index contributed by atoms with van der Waals surface area (Å²) < 4.78 is 5.42. The van der Waals surface area contributed by atoms with Crippen molar-refractivity contribution in [3.8, 4) is 0 Å². The molecular formula is C22H22ClN3OS. The van der Waals surface area contributed by atoms with Gasteiger partial charge in [-0.05, 0) is 41.5 Å². The van der Waals surface area contributed by atoms with Crippen molar-refractivity contribution in [2.24, 2.45) is 0 Å². The van der Waals surface area contributed by atoms with Gasteiger partial charge in [0.05, 0.1) is 13.2 Å². The summed E-state index contributed by atoms with van der Waals surface area (Å²) in [5.74, 6) is 1.35. The Morgan fingerprint density at radius 2 is 1.82 bits per heavy atom. The molecule has 1 aliphatic heterocycles. The summed E-state index contributed by atoms with van der Waals surface area (Å²) in [5, 5.41) is 0.946. The Balaban J connectivity index is 1.42. The van der Waals surface area contributed by atoms with Gasteiger partial charge in [0.15, 0.2) is 0 Å². The normalized spacial score (nSPS) is 14.2. The van der Waals surface area contributed by atoms with E-state index in [9.17, 15) is 0 Å². The summed E-state index contributed by atoms with van der Waals surface area (Å²) in [6.07, 6.45) is 2.55. The molecule has 0 N–H and O–H groups in total. The fourth-order valence-corrected chi connectivity index (χ4v) is 4.21. The third-order valence-corrected chi connectivity index (χ3v) is 5.86. The maximum absolute atomic E-state index is 5.93. The molecule has 1 fully saturated rings. The second-order valence-corrected chi connectivity index (χ2v) is 8.00. The molecule has 28 heavy (non-hydrogen) atoms. The number of morpholine rings is 1. The van der Waals surface area contributed by atoms with Crippen molar-refractivity contribution in [1.82, 2.24) is 9.97 Å². The lowest BCUT2D eigenvalue weighted by Gasteiger charge is -2.28. The van der Waals surface area contributed by atoms with Crippen LogP contribution in [0, 0.1) is 0 Å². The van der Waals surface area contributed by atoms with Crippen LogP contribution in [0.1, 0.15) is 17.0 Å². The van der Waals surface area contributed by atoms with Crippen LogP contribution in [-0.4, -0.2) is 36.3 Å². The van der Waals surface area contributed by atoms with Gasteiger partial charge in [0.1, 0.15) is 10.9 Å². The minimum Gasteiger partial charge on any atom is -0.378 e. The topological polar surface area (TPSA) is 38.2 Å². The summed E-state index contributed by atoms with van der Waals surface area (Å²) in [6, 6.07) is 18.9. The smallest absolute Gasteiger partial charge is 0.133 e. The van der Waals surface area contributed by atoms with Crippen molar-refractivity contribution in [2.75, 3.05) is 31.2 Å². The molecule has 1 aromatic heterocycles. The first-order valence-electron chi connectivity index (χ1n) is 9.36. The van der Waals surface area contributed by atoms with Gasteiger partial charge in [-0.2, -0.15) is 0 Å². The molecule has 2 aromatic carbocycles. The maximum Gasteiger partial charge on any atom is 0.133 e. The zero-order valence-electron chi connectivity index (χ0n) is 15.6. The van der Waals surface area contributed by atoms with Gasteiger partial charge in [-0.25, -0.2) is 9.97 Å². The van der Waals surface area contributed by atoms with E-state index in [0.29, 0.717) is 5.88 Å². The first-order chi connectivity index (χ1) is 13.8. The first kappa shape index (κ1) is 19.2. The van der Waals surface area contributed by atoms with Crippen LogP contribution in [-0.2, 0) is 17.0 Å². The number of alkyl halides is 1. The molecule has 2 heterocycles. The second kappa shape index (κ2) is 9.41. The fourth-order valence-electron chi connectivity index (χ4n) is 3.16. The van der Waals surface area contributed by atoms with E-state index in [1.807, 2.05) is 24.4 Å². The van der Waals surface area contributed by atoms with E-state index < -0.39 is 0 Å². The lowest BCUT2D eigenvalue weighted by atomic mass is 10.1. The summed E-state index contributed by atoms with van der Waals surface area (Å²) in [4.78, 5) is 12.7. The number of halogens is 1. The average Bonchev–Trinajstić information content (AvgIpc) is 2.75. The molecule has 0 spiro atoms. The monoisotopic (exact) mass is 411 g/mol. The van der Waals surface area contributed by atoms with Gasteiger partial charge in [0.2, 0.25) is 0 Å². The quantitative estimate of drug-likeness (QED) is 0.430. The summed E-state index contributed by atoms with van der Waals surface area (Å²) in [6.45, 7) is 3.50. The van der Waals surface area contributed by atoms with Crippen LogP contribution in [0.5, 0.6) is 0 Å². The summed E-state index contributed by atoms with van der Waals surface area (Å²) in [7, 11) is 0. The maximum atomic E-state index is 5.93. The largest absolute Gasteiger partial charge is 0.378 e. The average molecular weight is 412 g/mol. The second-order valence-electron chi connectivity index (χ2n) is 6.64. The fraction of sp³-hybridized carbons (Fsp3) is 0.273. The standard InChI is InChI=1S/C22H22ClN3OS/c23-16-18-2-1-3-20(14-18)28-22-8-9-24-21(25-22)15-17-4-6-19(7-5-17)26-10-12-27-13-11-26/h1-9,14H,10-13,15-16H2. The number of benzene rings is 2. The third-order valence-electron chi connectivity index (χ3n) is 4.63. The van der Waals surface area contributed by atoms with Crippen LogP contribution < -0.4 is 4.90 Å². The van der Waals surface area contributed by atoms with Gasteiger partial charge in [0.25, 0.3) is 0 Å². The van der Waals surface area contributed by atoms with Crippen molar-refractivity contribution in [1.29, 1.82) is 0 Å². The predicted octanol–water partition coefficient (Wildman–Crippen LogP) is 4.79. The number of hydrogen-bond donors (Lipinski definition) is 0. The van der Waals surface area contributed by atoms with Gasteiger partial charge in [0, 0.05) is 42.2 Å². The highest BCUT2D eigenvalue weighted by molar-refractivity contribution is 7.99. The zero-order chi connectivity index (χ0) is 19.2. The number of rotatable bonds is 6. The number of nitrogens with zero attached hydrogens (tertiary/aromatic N) is 3. The van der Waals surface area contributed by atoms with Gasteiger partial charge >= 0.3 is 0 Å². The molecule has 0 unspecified atom stereocenters. The molecule has 6 heteroatoms. The third kappa shape index (κ3) is 5.04. The van der Waals surface area contributed by atoms with E-state index in [0.717, 1.165) is 54.0 Å². The van der Waals surface area contributed by atoms with Gasteiger partial charge in [-0.3, -0.25) is 0 Å². The molecule has 0 radical (unpaired) electrons. The van der Waals surface area contributed by atoms with Crippen molar-refractivity contribution in [3.05, 3.63) is 77.7 Å². The molecule has 1 saturated heterocycles. The van der Waals surface area contributed by atoms with Crippen LogP contribution in [0.15, 0.2) is 70.7 Å². The first-order valence-corrected chi connectivity index (χ1v) is 10.7. The Labute approximate surface area is 174 Å². The van der Waals surface area contributed by atoms with Crippen molar-refractivity contribution >= 4 is 29.1 Å². The molecule has 3 aromatic rings. The van der Waals surface area contributed by atoms with Crippen LogP contribution >= 0.6 is 23.4 Å². The van der Waals surface area contributed by atoms with Gasteiger partial charge in [-0.1, -0.05) is 36.0 Å². The molecule has 4 rings (SSSR count). The number of hydrogen-bond acceptors (Lipinski definition) is 5. The minimum absolute atomic E-state index is 0.518. The van der Waals surface area contributed by atoms with Crippen molar-refractivity contribution < 1.29 is 4.74 Å². The van der Waals surface area contributed by atoms with E-state index >= 15 is 0 Å². The summed E-state index contributed by atoms with van der Waals surface area (Å²) in [5.41, 5.74) is 3.57. The number of aromatic nitrogens is 2. The van der Waals surface area contributed by atoms with Crippen LogP contribution in [0.2, 0.25) is 0 Å². The van der Waals surface area contributed by atoms with Crippen molar-refractivity contribution in [2.45, 2.75) is 22.2 Å². The Kier molecular flexibility index (Phi) is 6.47.